The molecule has 2 unspecified atom stereocenters. The van der Waals surface area contributed by atoms with Gasteiger partial charge >= 0.3 is 0 Å². The lowest BCUT2D eigenvalue weighted by molar-refractivity contribution is 0.0678. The fourth-order valence-corrected chi connectivity index (χ4v) is 2.87. The van der Waals surface area contributed by atoms with Gasteiger partial charge in [0.15, 0.2) is 0 Å². The summed E-state index contributed by atoms with van der Waals surface area (Å²) in [6.45, 7) is 3.42. The van der Waals surface area contributed by atoms with Crippen molar-refractivity contribution in [3.05, 3.63) is 18.5 Å². The fraction of sp³-hybridized carbons (Fsp3) is 0.667. The summed E-state index contributed by atoms with van der Waals surface area (Å²) in [6, 6.07) is 2.32. The van der Waals surface area contributed by atoms with E-state index in [-0.39, 0.29) is 12.1 Å². The molecule has 1 aromatic heterocycles. The van der Waals surface area contributed by atoms with E-state index in [1.807, 2.05) is 6.20 Å². The smallest absolute Gasteiger partial charge is 0.139 e. The van der Waals surface area contributed by atoms with Crippen LogP contribution in [0.4, 0.5) is 5.69 Å². The first-order chi connectivity index (χ1) is 9.81. The Balaban J connectivity index is 1.59. The van der Waals surface area contributed by atoms with Crippen molar-refractivity contribution in [2.75, 3.05) is 31.2 Å². The lowest BCUT2D eigenvalue weighted by Crippen LogP contribution is -2.42. The molecule has 1 aromatic rings. The molecule has 110 valence electrons. The van der Waals surface area contributed by atoms with Crippen LogP contribution < -0.4 is 15.4 Å². The molecule has 0 bridgehead atoms. The van der Waals surface area contributed by atoms with E-state index in [1.165, 1.54) is 0 Å². The van der Waals surface area contributed by atoms with Crippen LogP contribution in [0.25, 0.3) is 0 Å². The highest BCUT2D eigenvalue weighted by molar-refractivity contribution is 5.48. The van der Waals surface area contributed by atoms with E-state index in [4.69, 9.17) is 15.2 Å². The lowest BCUT2D eigenvalue weighted by atomic mass is 10.1. The van der Waals surface area contributed by atoms with Crippen LogP contribution in [0.3, 0.4) is 0 Å². The summed E-state index contributed by atoms with van der Waals surface area (Å²) in [5.41, 5.74) is 7.13. The molecule has 5 nitrogen and oxygen atoms in total. The normalized spacial score (nSPS) is 26.8. The van der Waals surface area contributed by atoms with Crippen molar-refractivity contribution >= 4 is 5.69 Å². The third-order valence-electron chi connectivity index (χ3n) is 3.98. The first-order valence-corrected chi connectivity index (χ1v) is 7.51. The maximum atomic E-state index is 6.03. The van der Waals surface area contributed by atoms with Crippen molar-refractivity contribution < 1.29 is 9.47 Å². The summed E-state index contributed by atoms with van der Waals surface area (Å²) < 4.78 is 11.4. The second-order valence-corrected chi connectivity index (χ2v) is 5.67. The summed E-state index contributed by atoms with van der Waals surface area (Å²) in [4.78, 5) is 6.57. The molecule has 2 fully saturated rings. The monoisotopic (exact) mass is 277 g/mol. The van der Waals surface area contributed by atoms with Crippen molar-refractivity contribution in [3.8, 4) is 5.75 Å². The van der Waals surface area contributed by atoms with Gasteiger partial charge in [-0.1, -0.05) is 0 Å². The van der Waals surface area contributed by atoms with Crippen LogP contribution >= 0.6 is 0 Å². The summed E-state index contributed by atoms with van der Waals surface area (Å²) >= 11 is 0. The number of rotatable bonds is 4. The van der Waals surface area contributed by atoms with Gasteiger partial charge in [0, 0.05) is 31.8 Å². The molecule has 3 rings (SSSR count). The van der Waals surface area contributed by atoms with Crippen LogP contribution in [0.1, 0.15) is 25.7 Å². The molecule has 5 heteroatoms. The van der Waals surface area contributed by atoms with Gasteiger partial charge in [0.2, 0.25) is 0 Å². The van der Waals surface area contributed by atoms with Crippen molar-refractivity contribution in [3.63, 3.8) is 0 Å². The molecule has 0 spiro atoms. The minimum absolute atomic E-state index is 0.238. The number of ether oxygens (including phenoxy) is 2. The molecule has 20 heavy (non-hydrogen) atoms. The molecule has 2 atom stereocenters. The SMILES string of the molecule is NC1CCCN(c2cncc(OCC3CCCO3)c2)C1. The van der Waals surface area contributed by atoms with E-state index in [1.54, 1.807) is 6.20 Å². The molecule has 3 heterocycles. The molecule has 2 N–H and O–H groups in total. The van der Waals surface area contributed by atoms with Crippen molar-refractivity contribution in [2.45, 2.75) is 37.8 Å². The largest absolute Gasteiger partial charge is 0.489 e. The molecule has 0 aliphatic carbocycles. The van der Waals surface area contributed by atoms with E-state index < -0.39 is 0 Å². The zero-order valence-electron chi connectivity index (χ0n) is 11.8. The first-order valence-electron chi connectivity index (χ1n) is 7.51. The second-order valence-electron chi connectivity index (χ2n) is 5.67. The van der Waals surface area contributed by atoms with Gasteiger partial charge in [0.1, 0.15) is 12.4 Å². The first kappa shape index (κ1) is 13.6. The highest BCUT2D eigenvalue weighted by atomic mass is 16.5. The highest BCUT2D eigenvalue weighted by Crippen LogP contribution is 2.23. The summed E-state index contributed by atoms with van der Waals surface area (Å²) in [5, 5.41) is 0. The predicted octanol–water partition coefficient (Wildman–Crippen LogP) is 1.57. The predicted molar refractivity (Wildman–Crippen MR) is 78.1 cm³/mol. The Hall–Kier alpha value is -1.33. The molecule has 2 aliphatic rings. The van der Waals surface area contributed by atoms with Crippen LogP contribution in [0.15, 0.2) is 18.5 Å². The molecular formula is C15H23N3O2. The van der Waals surface area contributed by atoms with Crippen molar-refractivity contribution in [1.82, 2.24) is 4.98 Å². The average Bonchev–Trinajstić information content (AvgIpc) is 2.99. The Morgan fingerprint density at radius 2 is 2.30 bits per heavy atom. The maximum absolute atomic E-state index is 6.03. The fourth-order valence-electron chi connectivity index (χ4n) is 2.87. The Labute approximate surface area is 120 Å². The Bertz CT molecular complexity index is 435. The van der Waals surface area contributed by atoms with Crippen molar-refractivity contribution in [1.29, 1.82) is 0 Å². The van der Waals surface area contributed by atoms with Crippen LogP contribution in [0.5, 0.6) is 5.75 Å². The molecule has 2 saturated heterocycles. The van der Waals surface area contributed by atoms with Crippen molar-refractivity contribution in [2.24, 2.45) is 5.73 Å². The van der Waals surface area contributed by atoms with E-state index in [9.17, 15) is 0 Å². The van der Waals surface area contributed by atoms with Crippen LogP contribution in [0, 0.1) is 0 Å². The standard InChI is InChI=1S/C15H23N3O2/c16-12-3-1-5-18(10-12)13-7-15(9-17-8-13)20-11-14-4-2-6-19-14/h7-9,12,14H,1-6,10-11,16H2. The summed E-state index contributed by atoms with van der Waals surface area (Å²) in [5.74, 6) is 0.817. The molecular weight excluding hydrogens is 254 g/mol. The number of nitrogens with two attached hydrogens (primary N) is 1. The number of hydrogen-bond acceptors (Lipinski definition) is 5. The third-order valence-corrected chi connectivity index (χ3v) is 3.98. The van der Waals surface area contributed by atoms with Gasteiger partial charge in [-0.3, -0.25) is 4.98 Å². The quantitative estimate of drug-likeness (QED) is 0.905. The van der Waals surface area contributed by atoms with Gasteiger partial charge in [-0.2, -0.15) is 0 Å². The zero-order valence-corrected chi connectivity index (χ0v) is 11.8. The maximum Gasteiger partial charge on any atom is 0.139 e. The highest BCUT2D eigenvalue weighted by Gasteiger charge is 2.19. The van der Waals surface area contributed by atoms with Crippen LogP contribution in [-0.2, 0) is 4.74 Å². The molecule has 0 saturated carbocycles. The van der Waals surface area contributed by atoms with E-state index in [2.05, 4.69) is 16.0 Å². The number of pyridine rings is 1. The van der Waals surface area contributed by atoms with E-state index in [0.717, 1.165) is 56.8 Å². The minimum Gasteiger partial charge on any atom is -0.489 e. The summed E-state index contributed by atoms with van der Waals surface area (Å²) in [7, 11) is 0. The van der Waals surface area contributed by atoms with E-state index in [0.29, 0.717) is 6.61 Å². The number of piperidine rings is 1. The topological polar surface area (TPSA) is 60.6 Å². The van der Waals surface area contributed by atoms with Gasteiger partial charge in [0.25, 0.3) is 0 Å². The van der Waals surface area contributed by atoms with Crippen LogP contribution in [-0.4, -0.2) is 43.4 Å². The molecule has 2 aliphatic heterocycles. The molecule has 0 radical (unpaired) electrons. The Morgan fingerprint density at radius 1 is 1.35 bits per heavy atom. The third kappa shape index (κ3) is 3.41. The molecule has 0 amide bonds. The zero-order chi connectivity index (χ0) is 13.8. The van der Waals surface area contributed by atoms with Gasteiger partial charge in [0.05, 0.1) is 24.2 Å². The van der Waals surface area contributed by atoms with E-state index >= 15 is 0 Å². The Kier molecular flexibility index (Phi) is 4.38. The number of anilines is 1. The van der Waals surface area contributed by atoms with Gasteiger partial charge in [-0.15, -0.1) is 0 Å². The lowest BCUT2D eigenvalue weighted by Gasteiger charge is -2.32. The second kappa shape index (κ2) is 6.41. The Morgan fingerprint density at radius 3 is 3.10 bits per heavy atom. The van der Waals surface area contributed by atoms with Gasteiger partial charge < -0.3 is 20.1 Å². The van der Waals surface area contributed by atoms with Gasteiger partial charge in [-0.05, 0) is 25.7 Å². The minimum atomic E-state index is 0.238. The summed E-state index contributed by atoms with van der Waals surface area (Å²) in [6.07, 6.45) is 8.37. The molecule has 0 aromatic carbocycles. The average molecular weight is 277 g/mol. The van der Waals surface area contributed by atoms with Crippen LogP contribution in [0.2, 0.25) is 0 Å². The number of nitrogens with zero attached hydrogens (tertiary/aromatic N) is 2. The number of aromatic nitrogens is 1. The number of hydrogen-bond donors (Lipinski definition) is 1. The van der Waals surface area contributed by atoms with Gasteiger partial charge in [-0.25, -0.2) is 0 Å².